The minimum atomic E-state index is -0.517. The summed E-state index contributed by atoms with van der Waals surface area (Å²) in [5.74, 6) is 0.738. The highest BCUT2D eigenvalue weighted by Crippen LogP contribution is 2.31. The first kappa shape index (κ1) is 27.0. The number of fused-ring (bicyclic) bond motifs is 1. The Kier molecular flexibility index (Phi) is 11.1. The van der Waals surface area contributed by atoms with Gasteiger partial charge in [-0.3, -0.25) is 9.79 Å². The Bertz CT molecular complexity index is 764. The zero-order valence-electron chi connectivity index (χ0n) is 19.2. The van der Waals surface area contributed by atoms with Crippen LogP contribution >= 0.6 is 24.0 Å². The van der Waals surface area contributed by atoms with E-state index >= 15 is 0 Å². The molecule has 1 aromatic rings. The second-order valence-corrected chi connectivity index (χ2v) is 8.38. The summed E-state index contributed by atoms with van der Waals surface area (Å²) in [7, 11) is 1.70. The van der Waals surface area contributed by atoms with Gasteiger partial charge in [0.2, 0.25) is 5.91 Å². The Morgan fingerprint density at radius 3 is 2.61 bits per heavy atom. The maximum absolute atomic E-state index is 12.4. The number of amides is 2. The Morgan fingerprint density at radius 1 is 1.26 bits per heavy atom. The van der Waals surface area contributed by atoms with Crippen molar-refractivity contribution < 1.29 is 14.3 Å². The van der Waals surface area contributed by atoms with E-state index in [0.29, 0.717) is 38.6 Å². The summed E-state index contributed by atoms with van der Waals surface area (Å²) in [5.41, 5.74) is 1.48. The Labute approximate surface area is 202 Å². The molecule has 3 N–H and O–H groups in total. The van der Waals surface area contributed by atoms with Gasteiger partial charge in [-0.2, -0.15) is 0 Å². The van der Waals surface area contributed by atoms with Crippen LogP contribution in [0.25, 0.3) is 0 Å². The van der Waals surface area contributed by atoms with E-state index in [4.69, 9.17) is 4.74 Å². The van der Waals surface area contributed by atoms with Gasteiger partial charge in [0.1, 0.15) is 5.60 Å². The lowest BCUT2D eigenvalue weighted by Crippen LogP contribution is -2.45. The van der Waals surface area contributed by atoms with Crippen LogP contribution in [0.5, 0.6) is 0 Å². The standard InChI is InChI=1S/C22H35N5O3.HI/c1-6-12-27(21(29)30-22(2,3)4)13-11-24-20(23-5)25-15-16-14-19(28)26-18-10-8-7-9-17(16)18;/h7-10,16H,6,11-15H2,1-5H3,(H,26,28)(H2,23,24,25);1H. The lowest BCUT2D eigenvalue weighted by atomic mass is 9.90. The molecule has 174 valence electrons. The number of carbonyl (C=O) groups is 2. The van der Waals surface area contributed by atoms with E-state index in [2.05, 4.69) is 20.9 Å². The summed E-state index contributed by atoms with van der Waals surface area (Å²) in [5, 5.41) is 9.45. The van der Waals surface area contributed by atoms with Gasteiger partial charge in [-0.25, -0.2) is 4.79 Å². The molecule has 2 amide bonds. The molecule has 0 aromatic heterocycles. The third kappa shape index (κ3) is 8.92. The van der Waals surface area contributed by atoms with Crippen molar-refractivity contribution in [3.8, 4) is 0 Å². The monoisotopic (exact) mass is 545 g/mol. The smallest absolute Gasteiger partial charge is 0.410 e. The van der Waals surface area contributed by atoms with Crippen LogP contribution in [0.15, 0.2) is 29.3 Å². The van der Waals surface area contributed by atoms with Crippen LogP contribution < -0.4 is 16.0 Å². The van der Waals surface area contributed by atoms with Gasteiger partial charge in [0.15, 0.2) is 5.96 Å². The molecule has 31 heavy (non-hydrogen) atoms. The first-order valence-corrected chi connectivity index (χ1v) is 10.5. The third-order valence-corrected chi connectivity index (χ3v) is 4.67. The predicted molar refractivity (Wildman–Crippen MR) is 135 cm³/mol. The van der Waals surface area contributed by atoms with E-state index in [-0.39, 0.29) is 41.9 Å². The first-order valence-electron chi connectivity index (χ1n) is 10.5. The fourth-order valence-electron chi connectivity index (χ4n) is 3.32. The quantitative estimate of drug-likeness (QED) is 0.277. The minimum absolute atomic E-state index is 0. The van der Waals surface area contributed by atoms with Crippen LogP contribution in [0.2, 0.25) is 0 Å². The number of nitrogens with one attached hydrogen (secondary N) is 3. The molecule has 1 aliphatic heterocycles. The van der Waals surface area contributed by atoms with Gasteiger partial charge >= 0.3 is 6.09 Å². The normalized spacial score (nSPS) is 15.8. The van der Waals surface area contributed by atoms with Crippen molar-refractivity contribution in [2.45, 2.75) is 52.1 Å². The third-order valence-electron chi connectivity index (χ3n) is 4.67. The fraction of sp³-hybridized carbons (Fsp3) is 0.591. The first-order chi connectivity index (χ1) is 14.2. The molecule has 1 unspecified atom stereocenters. The minimum Gasteiger partial charge on any atom is -0.444 e. The van der Waals surface area contributed by atoms with Crippen LogP contribution in [0.3, 0.4) is 0 Å². The maximum atomic E-state index is 12.4. The number of rotatable bonds is 7. The molecule has 0 fully saturated rings. The van der Waals surface area contributed by atoms with Crippen molar-refractivity contribution in [3.63, 3.8) is 0 Å². The van der Waals surface area contributed by atoms with Crippen molar-refractivity contribution in [3.05, 3.63) is 29.8 Å². The summed E-state index contributed by atoms with van der Waals surface area (Å²) < 4.78 is 5.48. The molecular formula is C22H36IN5O3. The number of nitrogens with zero attached hydrogens (tertiary/aromatic N) is 2. The lowest BCUT2D eigenvalue weighted by molar-refractivity contribution is -0.116. The SMILES string of the molecule is CCCN(CCNC(=NC)NCC1CC(=O)Nc2ccccc21)C(=O)OC(C)(C)C.I. The number of carbonyl (C=O) groups excluding carboxylic acids is 2. The van der Waals surface area contributed by atoms with Gasteiger partial charge < -0.3 is 25.6 Å². The summed E-state index contributed by atoms with van der Waals surface area (Å²) in [6, 6.07) is 7.86. The topological polar surface area (TPSA) is 95.1 Å². The number of halogens is 1. The molecule has 1 aromatic carbocycles. The van der Waals surface area contributed by atoms with Crippen molar-refractivity contribution >= 4 is 47.6 Å². The second kappa shape index (κ2) is 12.7. The molecule has 9 heteroatoms. The molecule has 1 heterocycles. The van der Waals surface area contributed by atoms with Crippen LogP contribution in [0, 0.1) is 0 Å². The number of benzene rings is 1. The van der Waals surface area contributed by atoms with Gasteiger partial charge in [-0.1, -0.05) is 25.1 Å². The predicted octanol–water partition coefficient (Wildman–Crippen LogP) is 3.54. The number of para-hydroxylation sites is 1. The van der Waals surface area contributed by atoms with Crippen molar-refractivity contribution in [2.75, 3.05) is 38.5 Å². The number of guanidine groups is 1. The average Bonchev–Trinajstić information content (AvgIpc) is 2.68. The van der Waals surface area contributed by atoms with Crippen molar-refractivity contribution in [2.24, 2.45) is 4.99 Å². The maximum Gasteiger partial charge on any atom is 0.410 e. The molecule has 0 bridgehead atoms. The van der Waals surface area contributed by atoms with E-state index in [0.717, 1.165) is 17.7 Å². The highest BCUT2D eigenvalue weighted by atomic mass is 127. The highest BCUT2D eigenvalue weighted by molar-refractivity contribution is 14.0. The molecule has 0 aliphatic carbocycles. The second-order valence-electron chi connectivity index (χ2n) is 8.38. The number of ether oxygens (including phenoxy) is 1. The van der Waals surface area contributed by atoms with Crippen LogP contribution in [0.1, 0.15) is 52.0 Å². The molecule has 8 nitrogen and oxygen atoms in total. The molecule has 0 saturated carbocycles. The van der Waals surface area contributed by atoms with E-state index in [1.807, 2.05) is 52.0 Å². The molecule has 0 saturated heterocycles. The molecule has 0 radical (unpaired) electrons. The number of hydrogen-bond donors (Lipinski definition) is 3. The summed E-state index contributed by atoms with van der Waals surface area (Å²) in [6.45, 7) is 9.90. The Morgan fingerprint density at radius 2 is 1.97 bits per heavy atom. The molecule has 1 aliphatic rings. The van der Waals surface area contributed by atoms with Gasteiger partial charge in [0.05, 0.1) is 0 Å². The van der Waals surface area contributed by atoms with Crippen LogP contribution in [0.4, 0.5) is 10.5 Å². The fourth-order valence-corrected chi connectivity index (χ4v) is 3.32. The van der Waals surface area contributed by atoms with E-state index in [1.54, 1.807) is 11.9 Å². The summed E-state index contributed by atoms with van der Waals surface area (Å²) >= 11 is 0. The zero-order chi connectivity index (χ0) is 22.1. The molecule has 0 spiro atoms. The van der Waals surface area contributed by atoms with E-state index in [9.17, 15) is 9.59 Å². The lowest BCUT2D eigenvalue weighted by Gasteiger charge is -2.28. The van der Waals surface area contributed by atoms with E-state index in [1.165, 1.54) is 0 Å². The molecular weight excluding hydrogens is 509 g/mol. The van der Waals surface area contributed by atoms with Gasteiger partial charge in [0.25, 0.3) is 0 Å². The van der Waals surface area contributed by atoms with Crippen molar-refractivity contribution in [1.82, 2.24) is 15.5 Å². The largest absolute Gasteiger partial charge is 0.444 e. The Balaban J connectivity index is 0.00000480. The van der Waals surface area contributed by atoms with Gasteiger partial charge in [-0.15, -0.1) is 24.0 Å². The number of hydrogen-bond acceptors (Lipinski definition) is 4. The summed E-state index contributed by atoms with van der Waals surface area (Å²) in [6.07, 6.45) is 0.984. The number of aliphatic imine (C=N–C) groups is 1. The van der Waals surface area contributed by atoms with Crippen molar-refractivity contribution in [1.29, 1.82) is 0 Å². The van der Waals surface area contributed by atoms with Crippen LogP contribution in [-0.2, 0) is 9.53 Å². The Hall–Kier alpha value is -2.04. The molecule has 1 atom stereocenters. The zero-order valence-corrected chi connectivity index (χ0v) is 21.5. The van der Waals surface area contributed by atoms with Crippen LogP contribution in [-0.4, -0.2) is 61.7 Å². The van der Waals surface area contributed by atoms with E-state index < -0.39 is 5.60 Å². The highest BCUT2D eigenvalue weighted by Gasteiger charge is 2.25. The molecule has 2 rings (SSSR count). The average molecular weight is 545 g/mol. The summed E-state index contributed by atoms with van der Waals surface area (Å²) in [4.78, 5) is 30.3. The van der Waals surface area contributed by atoms with Gasteiger partial charge in [-0.05, 0) is 38.8 Å². The number of anilines is 1. The van der Waals surface area contributed by atoms with Gasteiger partial charge in [0, 0.05) is 51.3 Å².